The predicted molar refractivity (Wildman–Crippen MR) is 99.3 cm³/mol. The van der Waals surface area contributed by atoms with Crippen LogP contribution in [0.15, 0.2) is 60.7 Å². The molecular weight excluding hydrogens is 367 g/mol. The summed E-state index contributed by atoms with van der Waals surface area (Å²) in [6.07, 6.45) is -1.10. The van der Waals surface area contributed by atoms with Crippen LogP contribution in [0.1, 0.15) is 36.0 Å². The van der Waals surface area contributed by atoms with Crippen molar-refractivity contribution in [1.82, 2.24) is 4.90 Å². The zero-order valence-electron chi connectivity index (χ0n) is 15.2. The van der Waals surface area contributed by atoms with E-state index in [0.29, 0.717) is 12.0 Å². The standard InChI is InChI=1S/C22H20F3NO2/c23-22(24,25)20-9-5-4-8-19(20)16-12-17-10-11-18(13-16)26(17)21(27)28-14-15-6-2-1-3-7-15/h1-9,12,17-18H,10-11,13-14H2. The Labute approximate surface area is 161 Å². The molecule has 1 saturated heterocycles. The summed E-state index contributed by atoms with van der Waals surface area (Å²) in [7, 11) is 0. The average molecular weight is 387 g/mol. The summed E-state index contributed by atoms with van der Waals surface area (Å²) in [5, 5.41) is 0. The quantitative estimate of drug-likeness (QED) is 0.680. The van der Waals surface area contributed by atoms with Gasteiger partial charge in [0, 0.05) is 6.04 Å². The second-order valence-electron chi connectivity index (χ2n) is 7.19. The molecule has 2 aromatic rings. The molecule has 146 valence electrons. The Bertz CT molecular complexity index is 892. The minimum atomic E-state index is -4.40. The van der Waals surface area contributed by atoms with Gasteiger partial charge < -0.3 is 4.74 Å². The average Bonchev–Trinajstić information content (AvgIpc) is 2.96. The molecule has 0 aromatic heterocycles. The van der Waals surface area contributed by atoms with E-state index in [-0.39, 0.29) is 24.3 Å². The van der Waals surface area contributed by atoms with Crippen molar-refractivity contribution in [2.45, 2.75) is 44.1 Å². The van der Waals surface area contributed by atoms with Crippen molar-refractivity contribution in [1.29, 1.82) is 0 Å². The summed E-state index contributed by atoms with van der Waals surface area (Å²) in [4.78, 5) is 14.3. The summed E-state index contributed by atoms with van der Waals surface area (Å²) in [5.74, 6) is 0. The van der Waals surface area contributed by atoms with Gasteiger partial charge in [-0.1, -0.05) is 54.6 Å². The maximum absolute atomic E-state index is 13.4. The van der Waals surface area contributed by atoms with E-state index in [1.807, 2.05) is 30.3 Å². The van der Waals surface area contributed by atoms with Gasteiger partial charge >= 0.3 is 12.3 Å². The highest BCUT2D eigenvalue weighted by Crippen LogP contribution is 2.42. The van der Waals surface area contributed by atoms with Crippen molar-refractivity contribution < 1.29 is 22.7 Å². The second-order valence-corrected chi connectivity index (χ2v) is 7.19. The summed E-state index contributed by atoms with van der Waals surface area (Å²) in [6, 6.07) is 14.7. The zero-order chi connectivity index (χ0) is 19.7. The molecule has 0 spiro atoms. The smallest absolute Gasteiger partial charge is 0.416 e. The number of rotatable bonds is 3. The first-order valence-electron chi connectivity index (χ1n) is 9.30. The number of amides is 1. The maximum Gasteiger partial charge on any atom is 0.416 e. The molecule has 6 heteroatoms. The van der Waals surface area contributed by atoms with Crippen molar-refractivity contribution in [3.05, 3.63) is 77.4 Å². The van der Waals surface area contributed by atoms with Crippen LogP contribution >= 0.6 is 0 Å². The molecule has 0 saturated carbocycles. The molecule has 0 radical (unpaired) electrons. The number of hydrogen-bond acceptors (Lipinski definition) is 2. The van der Waals surface area contributed by atoms with Gasteiger partial charge in [0.2, 0.25) is 0 Å². The number of carbonyl (C=O) groups is 1. The Hall–Kier alpha value is -2.76. The minimum absolute atomic E-state index is 0.130. The van der Waals surface area contributed by atoms with Crippen molar-refractivity contribution in [2.75, 3.05) is 0 Å². The molecule has 1 amide bonds. The molecule has 2 heterocycles. The summed E-state index contributed by atoms with van der Waals surface area (Å²) < 4.78 is 45.5. The molecule has 1 fully saturated rings. The van der Waals surface area contributed by atoms with Gasteiger partial charge in [-0.25, -0.2) is 4.79 Å². The number of alkyl halides is 3. The molecule has 2 aliphatic heterocycles. The Morgan fingerprint density at radius 2 is 1.75 bits per heavy atom. The molecule has 0 N–H and O–H groups in total. The van der Waals surface area contributed by atoms with E-state index in [1.54, 1.807) is 17.0 Å². The fourth-order valence-electron chi connectivity index (χ4n) is 4.12. The topological polar surface area (TPSA) is 29.5 Å². The van der Waals surface area contributed by atoms with Crippen LogP contribution < -0.4 is 0 Å². The first kappa shape index (κ1) is 18.6. The third kappa shape index (κ3) is 3.63. The van der Waals surface area contributed by atoms with E-state index in [1.165, 1.54) is 12.1 Å². The zero-order valence-corrected chi connectivity index (χ0v) is 15.2. The van der Waals surface area contributed by atoms with Gasteiger partial charge in [-0.05, 0) is 42.0 Å². The maximum atomic E-state index is 13.4. The van der Waals surface area contributed by atoms with Crippen LogP contribution in [0.5, 0.6) is 0 Å². The number of benzene rings is 2. The summed E-state index contributed by atoms with van der Waals surface area (Å²) in [5.41, 5.74) is 1.15. The van der Waals surface area contributed by atoms with E-state index in [0.717, 1.165) is 24.5 Å². The number of halogens is 3. The van der Waals surface area contributed by atoms with Crippen molar-refractivity contribution in [2.24, 2.45) is 0 Å². The van der Waals surface area contributed by atoms with Crippen molar-refractivity contribution in [3.63, 3.8) is 0 Å². The lowest BCUT2D eigenvalue weighted by Crippen LogP contribution is -2.43. The predicted octanol–water partition coefficient (Wildman–Crippen LogP) is 5.66. The monoisotopic (exact) mass is 387 g/mol. The van der Waals surface area contributed by atoms with E-state index in [2.05, 4.69) is 0 Å². The van der Waals surface area contributed by atoms with Crippen LogP contribution in [-0.2, 0) is 17.5 Å². The Kier molecular flexibility index (Phi) is 4.87. The van der Waals surface area contributed by atoms with Gasteiger partial charge in [0.1, 0.15) is 6.61 Å². The van der Waals surface area contributed by atoms with Gasteiger partial charge in [0.15, 0.2) is 0 Å². The summed E-state index contributed by atoms with van der Waals surface area (Å²) in [6.45, 7) is 0.184. The first-order chi connectivity index (χ1) is 13.4. The minimum Gasteiger partial charge on any atom is -0.445 e. The first-order valence-corrected chi connectivity index (χ1v) is 9.30. The molecule has 2 atom stereocenters. The van der Waals surface area contributed by atoms with Crippen molar-refractivity contribution in [3.8, 4) is 0 Å². The lowest BCUT2D eigenvalue weighted by Gasteiger charge is -2.33. The highest BCUT2D eigenvalue weighted by molar-refractivity contribution is 5.76. The highest BCUT2D eigenvalue weighted by Gasteiger charge is 2.42. The van der Waals surface area contributed by atoms with Crippen LogP contribution in [0.2, 0.25) is 0 Å². The fraction of sp³-hybridized carbons (Fsp3) is 0.318. The van der Waals surface area contributed by atoms with Crippen molar-refractivity contribution >= 4 is 11.7 Å². The van der Waals surface area contributed by atoms with E-state index in [9.17, 15) is 18.0 Å². The highest BCUT2D eigenvalue weighted by atomic mass is 19.4. The fourth-order valence-corrected chi connectivity index (χ4v) is 4.12. The lowest BCUT2D eigenvalue weighted by molar-refractivity contribution is -0.137. The van der Waals surface area contributed by atoms with Crippen LogP contribution in [0, 0.1) is 0 Å². The van der Waals surface area contributed by atoms with Gasteiger partial charge in [0.05, 0.1) is 11.6 Å². The van der Waals surface area contributed by atoms with Crippen LogP contribution in [0.25, 0.3) is 5.57 Å². The van der Waals surface area contributed by atoms with E-state index in [4.69, 9.17) is 4.74 Å². The Balaban J connectivity index is 1.52. The molecule has 2 aliphatic rings. The molecule has 2 aromatic carbocycles. The number of fused-ring (bicyclic) bond motifs is 2. The van der Waals surface area contributed by atoms with Crippen LogP contribution in [0.4, 0.5) is 18.0 Å². The Morgan fingerprint density at radius 1 is 1.04 bits per heavy atom. The second kappa shape index (κ2) is 7.34. The van der Waals surface area contributed by atoms with Gasteiger partial charge in [-0.3, -0.25) is 4.90 Å². The normalized spacial score (nSPS) is 21.4. The van der Waals surface area contributed by atoms with Crippen LogP contribution in [-0.4, -0.2) is 23.1 Å². The molecule has 4 rings (SSSR count). The third-order valence-corrected chi connectivity index (χ3v) is 5.39. The SMILES string of the molecule is O=C(OCc1ccccc1)N1C2C=C(c3ccccc3C(F)(F)F)CC1CC2. The third-order valence-electron chi connectivity index (χ3n) is 5.39. The van der Waals surface area contributed by atoms with E-state index < -0.39 is 17.8 Å². The van der Waals surface area contributed by atoms with Gasteiger partial charge in [-0.15, -0.1) is 0 Å². The summed E-state index contributed by atoms with van der Waals surface area (Å²) >= 11 is 0. The molecular formula is C22H20F3NO2. The molecule has 0 aliphatic carbocycles. The van der Waals surface area contributed by atoms with Crippen LogP contribution in [0.3, 0.4) is 0 Å². The Morgan fingerprint density at radius 3 is 2.46 bits per heavy atom. The largest absolute Gasteiger partial charge is 0.445 e. The number of ether oxygens (including phenoxy) is 1. The van der Waals surface area contributed by atoms with Gasteiger partial charge in [-0.2, -0.15) is 13.2 Å². The lowest BCUT2D eigenvalue weighted by atomic mass is 9.91. The van der Waals surface area contributed by atoms with Gasteiger partial charge in [0.25, 0.3) is 0 Å². The van der Waals surface area contributed by atoms with E-state index >= 15 is 0 Å². The molecule has 3 nitrogen and oxygen atoms in total. The number of carbonyl (C=O) groups excluding carboxylic acids is 1. The molecule has 2 bridgehead atoms. The molecule has 2 unspecified atom stereocenters. The molecule has 28 heavy (non-hydrogen) atoms. The number of hydrogen-bond donors (Lipinski definition) is 0. The number of nitrogens with zero attached hydrogens (tertiary/aromatic N) is 1.